The van der Waals surface area contributed by atoms with E-state index in [0.717, 1.165) is 42.3 Å². The fourth-order valence-corrected chi connectivity index (χ4v) is 2.70. The van der Waals surface area contributed by atoms with Crippen LogP contribution in [0.15, 0.2) is 30.5 Å². The van der Waals surface area contributed by atoms with E-state index in [4.69, 9.17) is 0 Å². The van der Waals surface area contributed by atoms with E-state index < -0.39 is 6.17 Å². The van der Waals surface area contributed by atoms with E-state index in [1.54, 1.807) is 0 Å². The number of hydrogen-bond acceptors (Lipinski definition) is 1. The molecule has 17 heavy (non-hydrogen) atoms. The van der Waals surface area contributed by atoms with E-state index in [2.05, 4.69) is 10.3 Å². The van der Waals surface area contributed by atoms with Gasteiger partial charge in [-0.25, -0.2) is 4.39 Å². The normalized spacial score (nSPS) is 22.8. The minimum Gasteiger partial charge on any atom is -0.361 e. The molecule has 2 nitrogen and oxygen atoms in total. The van der Waals surface area contributed by atoms with Crippen molar-refractivity contribution < 1.29 is 4.39 Å². The third-order valence-electron chi connectivity index (χ3n) is 3.63. The van der Waals surface area contributed by atoms with Crippen molar-refractivity contribution >= 4 is 10.9 Å². The van der Waals surface area contributed by atoms with Gasteiger partial charge in [0.25, 0.3) is 0 Å². The van der Waals surface area contributed by atoms with Crippen LogP contribution in [-0.4, -0.2) is 17.6 Å². The molecule has 2 N–H and O–H groups in total. The quantitative estimate of drug-likeness (QED) is 0.816. The van der Waals surface area contributed by atoms with E-state index in [0.29, 0.717) is 0 Å². The second-order valence-electron chi connectivity index (χ2n) is 4.74. The lowest BCUT2D eigenvalue weighted by atomic mass is 9.94. The molecule has 2 unspecified atom stereocenters. The van der Waals surface area contributed by atoms with Gasteiger partial charge in [-0.1, -0.05) is 18.6 Å². The van der Waals surface area contributed by atoms with Gasteiger partial charge in [0, 0.05) is 23.1 Å². The van der Waals surface area contributed by atoms with Crippen molar-refractivity contribution in [2.24, 2.45) is 0 Å². The Labute approximate surface area is 100 Å². The average Bonchev–Trinajstić information content (AvgIpc) is 2.87. The van der Waals surface area contributed by atoms with Crippen molar-refractivity contribution in [2.75, 3.05) is 6.54 Å². The van der Waals surface area contributed by atoms with Gasteiger partial charge in [0.05, 0.1) is 0 Å². The molecule has 3 heteroatoms. The molecule has 2 aromatic rings. The van der Waals surface area contributed by atoms with E-state index in [-0.39, 0.29) is 6.04 Å². The van der Waals surface area contributed by atoms with Gasteiger partial charge in [-0.05, 0) is 37.1 Å². The number of piperidine rings is 1. The molecule has 1 aromatic carbocycles. The van der Waals surface area contributed by atoms with Crippen LogP contribution in [0, 0.1) is 0 Å². The molecule has 0 saturated carbocycles. The topological polar surface area (TPSA) is 27.8 Å². The Bertz CT molecular complexity index is 500. The Hall–Kier alpha value is -1.35. The molecule has 1 fully saturated rings. The molecule has 0 radical (unpaired) electrons. The standard InChI is InChI=1S/C14H17FN2/c15-14(13-5-1-2-8-16-13)11-4-3-6-12-10(11)7-9-17-12/h3-4,6-7,9,13-14,16-17H,1-2,5,8H2. The van der Waals surface area contributed by atoms with Crippen LogP contribution in [0.4, 0.5) is 4.39 Å². The van der Waals surface area contributed by atoms with Gasteiger partial charge in [-0.2, -0.15) is 0 Å². The summed E-state index contributed by atoms with van der Waals surface area (Å²) in [6, 6.07) is 7.74. The molecule has 0 aliphatic carbocycles. The van der Waals surface area contributed by atoms with E-state index in [1.807, 2.05) is 30.5 Å². The Balaban J connectivity index is 1.94. The second kappa shape index (κ2) is 4.49. The number of halogens is 1. The first-order valence-electron chi connectivity index (χ1n) is 6.30. The monoisotopic (exact) mass is 232 g/mol. The van der Waals surface area contributed by atoms with Crippen molar-refractivity contribution in [3.63, 3.8) is 0 Å². The summed E-state index contributed by atoms with van der Waals surface area (Å²) >= 11 is 0. The molecule has 0 amide bonds. The maximum atomic E-state index is 14.6. The highest BCUT2D eigenvalue weighted by molar-refractivity contribution is 5.83. The smallest absolute Gasteiger partial charge is 0.141 e. The summed E-state index contributed by atoms with van der Waals surface area (Å²) in [7, 11) is 0. The van der Waals surface area contributed by atoms with Crippen LogP contribution < -0.4 is 5.32 Å². The predicted molar refractivity (Wildman–Crippen MR) is 67.8 cm³/mol. The lowest BCUT2D eigenvalue weighted by Crippen LogP contribution is -2.37. The van der Waals surface area contributed by atoms with E-state index >= 15 is 0 Å². The Morgan fingerprint density at radius 3 is 3.00 bits per heavy atom. The van der Waals surface area contributed by atoms with Gasteiger partial charge in [0.15, 0.2) is 0 Å². The van der Waals surface area contributed by atoms with Crippen molar-refractivity contribution in [3.8, 4) is 0 Å². The summed E-state index contributed by atoms with van der Waals surface area (Å²) < 4.78 is 14.6. The SMILES string of the molecule is FC(c1cccc2[nH]ccc12)C1CCCCN1. The molecule has 0 spiro atoms. The summed E-state index contributed by atoms with van der Waals surface area (Å²) in [5, 5.41) is 4.30. The minimum atomic E-state index is -0.908. The number of aromatic nitrogens is 1. The van der Waals surface area contributed by atoms with Gasteiger partial charge in [0.1, 0.15) is 6.17 Å². The number of rotatable bonds is 2. The van der Waals surface area contributed by atoms with Crippen LogP contribution in [0.25, 0.3) is 10.9 Å². The molecule has 1 aliphatic heterocycles. The number of H-pyrrole nitrogens is 1. The number of fused-ring (bicyclic) bond motifs is 1. The number of hydrogen-bond donors (Lipinski definition) is 2. The Morgan fingerprint density at radius 2 is 2.18 bits per heavy atom. The minimum absolute atomic E-state index is 0.0238. The molecule has 2 atom stereocenters. The highest BCUT2D eigenvalue weighted by Crippen LogP contribution is 2.31. The fraction of sp³-hybridized carbons (Fsp3) is 0.429. The summed E-state index contributed by atoms with van der Waals surface area (Å²) in [6.45, 7) is 0.939. The molecule has 0 bridgehead atoms. The van der Waals surface area contributed by atoms with Gasteiger partial charge >= 0.3 is 0 Å². The molecule has 2 heterocycles. The molecular weight excluding hydrogens is 215 g/mol. The van der Waals surface area contributed by atoms with Crippen LogP contribution in [0.1, 0.15) is 31.0 Å². The van der Waals surface area contributed by atoms with Gasteiger partial charge in [-0.3, -0.25) is 0 Å². The van der Waals surface area contributed by atoms with Gasteiger partial charge in [0.2, 0.25) is 0 Å². The highest BCUT2D eigenvalue weighted by atomic mass is 19.1. The fourth-order valence-electron chi connectivity index (χ4n) is 2.70. The maximum absolute atomic E-state index is 14.6. The highest BCUT2D eigenvalue weighted by Gasteiger charge is 2.25. The zero-order chi connectivity index (χ0) is 11.7. The van der Waals surface area contributed by atoms with Gasteiger partial charge in [-0.15, -0.1) is 0 Å². The second-order valence-corrected chi connectivity index (χ2v) is 4.74. The van der Waals surface area contributed by atoms with Crippen LogP contribution in [-0.2, 0) is 0 Å². The first kappa shape index (κ1) is 10.8. The van der Waals surface area contributed by atoms with Crippen LogP contribution in [0.5, 0.6) is 0 Å². The third-order valence-corrected chi connectivity index (χ3v) is 3.63. The Morgan fingerprint density at radius 1 is 1.24 bits per heavy atom. The zero-order valence-electron chi connectivity index (χ0n) is 9.75. The van der Waals surface area contributed by atoms with Crippen molar-refractivity contribution in [3.05, 3.63) is 36.0 Å². The Kier molecular flexibility index (Phi) is 2.85. The first-order valence-corrected chi connectivity index (χ1v) is 6.30. The van der Waals surface area contributed by atoms with E-state index in [1.165, 1.54) is 0 Å². The molecular formula is C14H17FN2. The van der Waals surface area contributed by atoms with Crippen molar-refractivity contribution in [1.82, 2.24) is 10.3 Å². The lowest BCUT2D eigenvalue weighted by Gasteiger charge is -2.27. The van der Waals surface area contributed by atoms with Crippen LogP contribution >= 0.6 is 0 Å². The molecule has 1 aromatic heterocycles. The first-order chi connectivity index (χ1) is 8.36. The lowest BCUT2D eigenvalue weighted by molar-refractivity contribution is 0.222. The molecule has 1 saturated heterocycles. The summed E-state index contributed by atoms with van der Waals surface area (Å²) in [5.41, 5.74) is 1.82. The third kappa shape index (κ3) is 1.95. The average molecular weight is 232 g/mol. The molecule has 3 rings (SSSR count). The molecule has 1 aliphatic rings. The molecule has 90 valence electrons. The number of alkyl halides is 1. The largest absolute Gasteiger partial charge is 0.361 e. The zero-order valence-corrected chi connectivity index (χ0v) is 9.75. The van der Waals surface area contributed by atoms with Crippen molar-refractivity contribution in [2.45, 2.75) is 31.5 Å². The predicted octanol–water partition coefficient (Wildman–Crippen LogP) is 3.32. The van der Waals surface area contributed by atoms with E-state index in [9.17, 15) is 4.39 Å². The number of nitrogens with one attached hydrogen (secondary N) is 2. The number of benzene rings is 1. The summed E-state index contributed by atoms with van der Waals surface area (Å²) in [5.74, 6) is 0. The van der Waals surface area contributed by atoms with Crippen LogP contribution in [0.2, 0.25) is 0 Å². The maximum Gasteiger partial charge on any atom is 0.141 e. The summed E-state index contributed by atoms with van der Waals surface area (Å²) in [4.78, 5) is 3.13. The van der Waals surface area contributed by atoms with Crippen molar-refractivity contribution in [1.29, 1.82) is 0 Å². The van der Waals surface area contributed by atoms with Gasteiger partial charge < -0.3 is 10.3 Å². The number of aromatic amines is 1. The summed E-state index contributed by atoms with van der Waals surface area (Å²) in [6.07, 6.45) is 4.19. The van der Waals surface area contributed by atoms with Crippen LogP contribution in [0.3, 0.4) is 0 Å².